The van der Waals surface area contributed by atoms with Gasteiger partial charge in [-0.2, -0.15) is 0 Å². The van der Waals surface area contributed by atoms with Crippen molar-refractivity contribution in [1.29, 1.82) is 0 Å². The fourth-order valence-electron chi connectivity index (χ4n) is 3.03. The molecule has 116 valence electrons. The first kappa shape index (κ1) is 14.6. The van der Waals surface area contributed by atoms with E-state index in [2.05, 4.69) is 0 Å². The minimum atomic E-state index is -0.920. The molecule has 1 atom stereocenters. The van der Waals surface area contributed by atoms with Gasteiger partial charge in [-0.15, -0.1) is 0 Å². The monoisotopic (exact) mass is 301 g/mol. The van der Waals surface area contributed by atoms with Crippen molar-refractivity contribution in [1.82, 2.24) is 4.90 Å². The third-order valence-corrected chi connectivity index (χ3v) is 4.20. The lowest BCUT2D eigenvalue weighted by atomic mass is 10.0. The number of carbonyl (C=O) groups is 2. The SMILES string of the molecule is O=C(O)[C@H]1CCCCN1C(=O)C=Cc1ccc2c(c1)CCO2. The molecule has 1 N–H and O–H groups in total. The van der Waals surface area contributed by atoms with Crippen molar-refractivity contribution < 1.29 is 19.4 Å². The number of piperidine rings is 1. The lowest BCUT2D eigenvalue weighted by molar-refractivity contribution is -0.150. The normalized spacial score (nSPS) is 20.7. The third kappa shape index (κ3) is 2.98. The summed E-state index contributed by atoms with van der Waals surface area (Å²) >= 11 is 0. The highest BCUT2D eigenvalue weighted by molar-refractivity contribution is 5.94. The Morgan fingerprint density at radius 2 is 2.18 bits per heavy atom. The molecule has 0 spiro atoms. The maximum atomic E-state index is 12.3. The van der Waals surface area contributed by atoms with E-state index in [4.69, 9.17) is 4.74 Å². The molecule has 0 saturated carbocycles. The molecule has 3 rings (SSSR count). The summed E-state index contributed by atoms with van der Waals surface area (Å²) in [6.07, 6.45) is 6.35. The predicted molar refractivity (Wildman–Crippen MR) is 81.7 cm³/mol. The molecule has 2 aliphatic rings. The van der Waals surface area contributed by atoms with Crippen LogP contribution in [0.2, 0.25) is 0 Å². The molecule has 1 amide bonds. The smallest absolute Gasteiger partial charge is 0.326 e. The number of amides is 1. The largest absolute Gasteiger partial charge is 0.493 e. The summed E-state index contributed by atoms with van der Waals surface area (Å²) < 4.78 is 5.45. The molecule has 0 aliphatic carbocycles. The molecular weight excluding hydrogens is 282 g/mol. The molecular formula is C17H19NO4. The Balaban J connectivity index is 1.71. The number of carboxylic acids is 1. The molecule has 2 aliphatic heterocycles. The van der Waals surface area contributed by atoms with E-state index in [9.17, 15) is 14.7 Å². The Kier molecular flexibility index (Phi) is 4.13. The van der Waals surface area contributed by atoms with Gasteiger partial charge in [-0.25, -0.2) is 4.79 Å². The lowest BCUT2D eigenvalue weighted by Gasteiger charge is -2.32. The number of rotatable bonds is 3. The Bertz CT molecular complexity index is 623. The standard InChI is InChI=1S/C17H19NO4/c19-16(18-9-2-1-3-14(18)17(20)21)7-5-12-4-6-15-13(11-12)8-10-22-15/h4-7,11,14H,1-3,8-10H2,(H,20,21)/t14-/m1/s1. The van der Waals surface area contributed by atoms with Gasteiger partial charge in [-0.3, -0.25) is 4.79 Å². The van der Waals surface area contributed by atoms with E-state index in [0.717, 1.165) is 36.1 Å². The quantitative estimate of drug-likeness (QED) is 0.868. The number of hydrogen-bond acceptors (Lipinski definition) is 3. The van der Waals surface area contributed by atoms with Gasteiger partial charge in [0, 0.05) is 19.0 Å². The number of benzene rings is 1. The molecule has 0 radical (unpaired) electrons. The van der Waals surface area contributed by atoms with E-state index in [1.54, 1.807) is 6.08 Å². The van der Waals surface area contributed by atoms with E-state index >= 15 is 0 Å². The fraction of sp³-hybridized carbons (Fsp3) is 0.412. The number of fused-ring (bicyclic) bond motifs is 1. The maximum Gasteiger partial charge on any atom is 0.326 e. The van der Waals surface area contributed by atoms with Crippen molar-refractivity contribution in [2.45, 2.75) is 31.7 Å². The maximum absolute atomic E-state index is 12.3. The summed E-state index contributed by atoms with van der Waals surface area (Å²) in [4.78, 5) is 25.0. The lowest BCUT2D eigenvalue weighted by Crippen LogP contribution is -2.47. The van der Waals surface area contributed by atoms with Crippen molar-refractivity contribution in [3.63, 3.8) is 0 Å². The third-order valence-electron chi connectivity index (χ3n) is 4.20. The topological polar surface area (TPSA) is 66.8 Å². The van der Waals surface area contributed by atoms with Gasteiger partial charge in [0.25, 0.3) is 0 Å². The van der Waals surface area contributed by atoms with Crippen LogP contribution in [-0.4, -0.2) is 41.1 Å². The van der Waals surface area contributed by atoms with E-state index in [-0.39, 0.29) is 5.91 Å². The van der Waals surface area contributed by atoms with Crippen molar-refractivity contribution in [2.24, 2.45) is 0 Å². The average molecular weight is 301 g/mol. The Morgan fingerprint density at radius 3 is 3.00 bits per heavy atom. The predicted octanol–water partition coefficient (Wildman–Crippen LogP) is 2.10. The van der Waals surface area contributed by atoms with Crippen LogP contribution < -0.4 is 4.74 Å². The van der Waals surface area contributed by atoms with Gasteiger partial charge in [0.2, 0.25) is 5.91 Å². The molecule has 1 aromatic rings. The zero-order valence-corrected chi connectivity index (χ0v) is 12.3. The van der Waals surface area contributed by atoms with Gasteiger partial charge in [0.05, 0.1) is 6.61 Å². The van der Waals surface area contributed by atoms with Gasteiger partial charge in [0.15, 0.2) is 0 Å². The first-order valence-electron chi connectivity index (χ1n) is 7.62. The number of likely N-dealkylation sites (tertiary alicyclic amines) is 1. The summed E-state index contributed by atoms with van der Waals surface area (Å²) in [6.45, 7) is 1.22. The molecule has 0 bridgehead atoms. The minimum absolute atomic E-state index is 0.233. The van der Waals surface area contributed by atoms with Crippen LogP contribution in [0.5, 0.6) is 5.75 Å². The second-order valence-electron chi connectivity index (χ2n) is 5.68. The van der Waals surface area contributed by atoms with Gasteiger partial charge in [0.1, 0.15) is 11.8 Å². The molecule has 1 fully saturated rings. The summed E-state index contributed by atoms with van der Waals surface area (Å²) in [6, 6.07) is 5.13. The zero-order chi connectivity index (χ0) is 15.5. The summed E-state index contributed by atoms with van der Waals surface area (Å²) in [5, 5.41) is 9.22. The van der Waals surface area contributed by atoms with Crippen LogP contribution in [0.1, 0.15) is 30.4 Å². The summed E-state index contributed by atoms with van der Waals surface area (Å²) in [7, 11) is 0. The molecule has 1 saturated heterocycles. The summed E-state index contributed by atoms with van der Waals surface area (Å²) in [5.74, 6) is -0.245. The van der Waals surface area contributed by atoms with E-state index in [1.807, 2.05) is 18.2 Å². The van der Waals surface area contributed by atoms with Crippen molar-refractivity contribution in [2.75, 3.05) is 13.2 Å². The molecule has 1 aromatic carbocycles. The van der Waals surface area contributed by atoms with Crippen LogP contribution >= 0.6 is 0 Å². The molecule has 22 heavy (non-hydrogen) atoms. The number of ether oxygens (including phenoxy) is 1. The Hall–Kier alpha value is -2.30. The highest BCUT2D eigenvalue weighted by atomic mass is 16.5. The minimum Gasteiger partial charge on any atom is -0.493 e. The van der Waals surface area contributed by atoms with E-state index in [1.165, 1.54) is 11.0 Å². The highest BCUT2D eigenvalue weighted by Crippen LogP contribution is 2.26. The van der Waals surface area contributed by atoms with Gasteiger partial charge in [-0.05, 0) is 48.6 Å². The van der Waals surface area contributed by atoms with Gasteiger partial charge >= 0.3 is 5.97 Å². The first-order valence-corrected chi connectivity index (χ1v) is 7.62. The first-order chi connectivity index (χ1) is 10.6. The van der Waals surface area contributed by atoms with Crippen LogP contribution in [-0.2, 0) is 16.0 Å². The molecule has 2 heterocycles. The van der Waals surface area contributed by atoms with Crippen molar-refractivity contribution in [3.8, 4) is 5.75 Å². The number of carboxylic acid groups (broad SMARTS) is 1. The molecule has 5 heteroatoms. The molecule has 0 aromatic heterocycles. The second-order valence-corrected chi connectivity index (χ2v) is 5.68. The van der Waals surface area contributed by atoms with E-state index in [0.29, 0.717) is 19.6 Å². The van der Waals surface area contributed by atoms with Crippen LogP contribution in [0.3, 0.4) is 0 Å². The highest BCUT2D eigenvalue weighted by Gasteiger charge is 2.30. The Labute approximate surface area is 129 Å². The van der Waals surface area contributed by atoms with Gasteiger partial charge in [-0.1, -0.05) is 6.07 Å². The van der Waals surface area contributed by atoms with Crippen LogP contribution in [0.4, 0.5) is 0 Å². The molecule has 5 nitrogen and oxygen atoms in total. The van der Waals surface area contributed by atoms with E-state index < -0.39 is 12.0 Å². The van der Waals surface area contributed by atoms with Crippen LogP contribution in [0, 0.1) is 0 Å². The second kappa shape index (κ2) is 6.22. The summed E-state index contributed by atoms with van der Waals surface area (Å²) in [5.41, 5.74) is 2.08. The van der Waals surface area contributed by atoms with Crippen LogP contribution in [0.25, 0.3) is 6.08 Å². The number of aliphatic carboxylic acids is 1. The Morgan fingerprint density at radius 1 is 1.32 bits per heavy atom. The van der Waals surface area contributed by atoms with Crippen molar-refractivity contribution in [3.05, 3.63) is 35.4 Å². The number of carbonyl (C=O) groups excluding carboxylic acids is 1. The van der Waals surface area contributed by atoms with Crippen LogP contribution in [0.15, 0.2) is 24.3 Å². The number of hydrogen-bond donors (Lipinski definition) is 1. The fourth-order valence-corrected chi connectivity index (χ4v) is 3.03. The van der Waals surface area contributed by atoms with Crippen molar-refractivity contribution >= 4 is 18.0 Å². The van der Waals surface area contributed by atoms with Gasteiger partial charge < -0.3 is 14.7 Å². The zero-order valence-electron chi connectivity index (χ0n) is 12.3. The number of nitrogens with zero attached hydrogens (tertiary/aromatic N) is 1. The molecule has 0 unspecified atom stereocenters. The average Bonchev–Trinajstić information content (AvgIpc) is 3.00.